The molecule has 0 bridgehead atoms. The smallest absolute Gasteiger partial charge is 0.321 e. The van der Waals surface area contributed by atoms with E-state index in [0.29, 0.717) is 35.5 Å². The molecule has 0 saturated carbocycles. The number of anilines is 2. The average molecular weight is 413 g/mol. The van der Waals surface area contributed by atoms with Gasteiger partial charge in [0.05, 0.1) is 0 Å². The van der Waals surface area contributed by atoms with Crippen LogP contribution in [0.4, 0.5) is 15.6 Å². The number of thiazole rings is 1. The van der Waals surface area contributed by atoms with Gasteiger partial charge in [-0.05, 0) is 29.8 Å². The number of rotatable bonds is 5. The van der Waals surface area contributed by atoms with E-state index in [4.69, 9.17) is 11.6 Å². The standard InChI is InChI=1S/C20H17ClN4O2S/c21-15-6-8-16(9-7-15)22-18(26)17-13-28-19(23-17)25-11-10-24(20(25)27)12-14-4-2-1-3-5-14/h1-9,13H,10-12H2,(H,22,26). The lowest BCUT2D eigenvalue weighted by Crippen LogP contribution is -2.31. The summed E-state index contributed by atoms with van der Waals surface area (Å²) in [7, 11) is 0. The summed E-state index contributed by atoms with van der Waals surface area (Å²) >= 11 is 7.14. The molecule has 0 aliphatic carbocycles. The van der Waals surface area contributed by atoms with Crippen molar-refractivity contribution in [2.24, 2.45) is 0 Å². The van der Waals surface area contributed by atoms with E-state index >= 15 is 0 Å². The zero-order valence-corrected chi connectivity index (χ0v) is 16.4. The molecule has 1 saturated heterocycles. The molecule has 1 aromatic heterocycles. The van der Waals surface area contributed by atoms with Crippen LogP contribution < -0.4 is 10.2 Å². The predicted molar refractivity (Wildman–Crippen MR) is 111 cm³/mol. The normalized spacial score (nSPS) is 13.8. The van der Waals surface area contributed by atoms with Crippen molar-refractivity contribution in [1.29, 1.82) is 0 Å². The van der Waals surface area contributed by atoms with Crippen molar-refractivity contribution in [2.45, 2.75) is 6.54 Å². The molecule has 0 atom stereocenters. The molecule has 1 fully saturated rings. The maximum Gasteiger partial charge on any atom is 0.326 e. The number of urea groups is 1. The second-order valence-corrected chi connectivity index (χ2v) is 7.59. The third-order valence-electron chi connectivity index (χ3n) is 4.37. The molecule has 1 N–H and O–H groups in total. The highest BCUT2D eigenvalue weighted by molar-refractivity contribution is 7.14. The van der Waals surface area contributed by atoms with Gasteiger partial charge in [-0.2, -0.15) is 0 Å². The second kappa shape index (κ2) is 8.00. The monoisotopic (exact) mass is 412 g/mol. The van der Waals surface area contributed by atoms with E-state index < -0.39 is 0 Å². The molecule has 142 valence electrons. The van der Waals surface area contributed by atoms with E-state index in [-0.39, 0.29) is 17.6 Å². The van der Waals surface area contributed by atoms with Gasteiger partial charge in [-0.25, -0.2) is 9.78 Å². The summed E-state index contributed by atoms with van der Waals surface area (Å²) in [6.45, 7) is 1.74. The zero-order valence-electron chi connectivity index (χ0n) is 14.8. The van der Waals surface area contributed by atoms with Gasteiger partial charge in [0.25, 0.3) is 5.91 Å². The van der Waals surface area contributed by atoms with Crippen LogP contribution >= 0.6 is 22.9 Å². The van der Waals surface area contributed by atoms with Gasteiger partial charge >= 0.3 is 6.03 Å². The third-order valence-corrected chi connectivity index (χ3v) is 5.48. The van der Waals surface area contributed by atoms with Crippen LogP contribution in [-0.4, -0.2) is 34.9 Å². The van der Waals surface area contributed by atoms with Crippen molar-refractivity contribution in [3.05, 3.63) is 76.3 Å². The quantitative estimate of drug-likeness (QED) is 0.671. The Hall–Kier alpha value is -2.90. The van der Waals surface area contributed by atoms with Gasteiger partial charge in [0.15, 0.2) is 5.13 Å². The first-order valence-electron chi connectivity index (χ1n) is 8.73. The summed E-state index contributed by atoms with van der Waals surface area (Å²) in [5.74, 6) is -0.322. The van der Waals surface area contributed by atoms with E-state index in [9.17, 15) is 9.59 Å². The van der Waals surface area contributed by atoms with Crippen LogP contribution in [0.3, 0.4) is 0 Å². The Bertz CT molecular complexity index is 991. The lowest BCUT2D eigenvalue weighted by atomic mass is 10.2. The summed E-state index contributed by atoms with van der Waals surface area (Å²) in [5, 5.41) is 5.56. The number of carbonyl (C=O) groups excluding carboxylic acids is 2. The number of hydrogen-bond acceptors (Lipinski definition) is 4. The topological polar surface area (TPSA) is 65.5 Å². The highest BCUT2D eigenvalue weighted by atomic mass is 35.5. The number of carbonyl (C=O) groups is 2. The molecule has 3 aromatic rings. The van der Waals surface area contributed by atoms with Crippen LogP contribution in [0.2, 0.25) is 5.02 Å². The van der Waals surface area contributed by atoms with Gasteiger partial charge in [0, 0.05) is 35.7 Å². The van der Waals surface area contributed by atoms with Crippen LogP contribution in [0, 0.1) is 0 Å². The molecule has 0 unspecified atom stereocenters. The summed E-state index contributed by atoms with van der Waals surface area (Å²) in [6.07, 6.45) is 0. The Morgan fingerprint density at radius 1 is 1.11 bits per heavy atom. The summed E-state index contributed by atoms with van der Waals surface area (Å²) in [5.41, 5.74) is 2.00. The Morgan fingerprint density at radius 3 is 2.61 bits per heavy atom. The molecule has 28 heavy (non-hydrogen) atoms. The summed E-state index contributed by atoms with van der Waals surface area (Å²) in [6, 6.07) is 16.6. The molecule has 8 heteroatoms. The van der Waals surface area contributed by atoms with E-state index in [2.05, 4.69) is 10.3 Å². The largest absolute Gasteiger partial charge is 0.326 e. The Balaban J connectivity index is 1.42. The van der Waals surface area contributed by atoms with E-state index in [1.54, 1.807) is 39.4 Å². The molecule has 4 rings (SSSR count). The predicted octanol–water partition coefficient (Wildman–Crippen LogP) is 4.49. The lowest BCUT2D eigenvalue weighted by molar-refractivity contribution is 0.102. The van der Waals surface area contributed by atoms with Crippen LogP contribution in [0.1, 0.15) is 16.1 Å². The Labute approximate surface area is 171 Å². The van der Waals surface area contributed by atoms with Crippen molar-refractivity contribution in [2.75, 3.05) is 23.3 Å². The van der Waals surface area contributed by atoms with Crippen LogP contribution in [-0.2, 0) is 6.54 Å². The van der Waals surface area contributed by atoms with E-state index in [1.165, 1.54) is 11.3 Å². The van der Waals surface area contributed by atoms with Crippen molar-refractivity contribution in [1.82, 2.24) is 9.88 Å². The third kappa shape index (κ3) is 4.00. The minimum absolute atomic E-state index is 0.0946. The number of halogens is 1. The van der Waals surface area contributed by atoms with Crippen molar-refractivity contribution in [3.8, 4) is 0 Å². The van der Waals surface area contributed by atoms with Crippen LogP contribution in [0.15, 0.2) is 60.0 Å². The first-order chi connectivity index (χ1) is 13.6. The van der Waals surface area contributed by atoms with Crippen molar-refractivity contribution in [3.63, 3.8) is 0 Å². The number of aromatic nitrogens is 1. The molecule has 0 radical (unpaired) electrons. The summed E-state index contributed by atoms with van der Waals surface area (Å²) < 4.78 is 0. The highest BCUT2D eigenvalue weighted by Gasteiger charge is 2.31. The minimum Gasteiger partial charge on any atom is -0.321 e. The van der Waals surface area contributed by atoms with Crippen molar-refractivity contribution < 1.29 is 9.59 Å². The highest BCUT2D eigenvalue weighted by Crippen LogP contribution is 2.26. The number of nitrogens with one attached hydrogen (secondary N) is 1. The lowest BCUT2D eigenvalue weighted by Gasteiger charge is -2.16. The molecule has 0 spiro atoms. The fraction of sp³-hybridized carbons (Fsp3) is 0.150. The van der Waals surface area contributed by atoms with Crippen LogP contribution in [0.5, 0.6) is 0 Å². The molecule has 1 aliphatic rings. The van der Waals surface area contributed by atoms with Gasteiger partial charge in [-0.3, -0.25) is 9.69 Å². The van der Waals surface area contributed by atoms with E-state index in [1.807, 2.05) is 30.3 Å². The second-order valence-electron chi connectivity index (χ2n) is 6.32. The minimum atomic E-state index is -0.322. The molecule has 2 heterocycles. The average Bonchev–Trinajstić information content (AvgIpc) is 3.32. The Morgan fingerprint density at radius 2 is 1.86 bits per heavy atom. The van der Waals surface area contributed by atoms with Gasteiger partial charge in [0.1, 0.15) is 5.69 Å². The SMILES string of the molecule is O=C(Nc1ccc(Cl)cc1)c1csc(N2CCN(Cc3ccccc3)C2=O)n1. The van der Waals surface area contributed by atoms with E-state index in [0.717, 1.165) is 5.56 Å². The van der Waals surface area contributed by atoms with Gasteiger partial charge in [0.2, 0.25) is 0 Å². The van der Waals surface area contributed by atoms with Crippen LogP contribution in [0.25, 0.3) is 0 Å². The number of hydrogen-bond donors (Lipinski definition) is 1. The molecule has 2 aromatic carbocycles. The molecule has 6 nitrogen and oxygen atoms in total. The summed E-state index contributed by atoms with van der Waals surface area (Å²) in [4.78, 5) is 32.9. The fourth-order valence-corrected chi connectivity index (χ4v) is 3.88. The fourth-order valence-electron chi connectivity index (χ4n) is 2.93. The van der Waals surface area contributed by atoms with Gasteiger partial charge in [-0.15, -0.1) is 11.3 Å². The zero-order chi connectivity index (χ0) is 19.5. The maximum absolute atomic E-state index is 12.7. The number of amides is 3. The van der Waals surface area contributed by atoms with Gasteiger partial charge < -0.3 is 10.2 Å². The van der Waals surface area contributed by atoms with Crippen molar-refractivity contribution >= 4 is 45.7 Å². The number of nitrogens with zero attached hydrogens (tertiary/aromatic N) is 3. The Kier molecular flexibility index (Phi) is 5.27. The first-order valence-corrected chi connectivity index (χ1v) is 9.99. The number of benzene rings is 2. The molecule has 3 amide bonds. The first kappa shape index (κ1) is 18.5. The molecular weight excluding hydrogens is 396 g/mol. The van der Waals surface area contributed by atoms with Gasteiger partial charge in [-0.1, -0.05) is 41.9 Å². The molecule has 1 aliphatic heterocycles. The molecular formula is C20H17ClN4O2S. The maximum atomic E-state index is 12.7.